The molecule has 0 aliphatic rings. The summed E-state index contributed by atoms with van der Waals surface area (Å²) in [5.41, 5.74) is 1.10. The van der Waals surface area contributed by atoms with Crippen molar-refractivity contribution in [1.82, 2.24) is 5.32 Å². The Morgan fingerprint density at radius 2 is 2.00 bits per heavy atom. The summed E-state index contributed by atoms with van der Waals surface area (Å²) in [4.78, 5) is 12.2. The van der Waals surface area contributed by atoms with Crippen LogP contribution in [0.5, 0.6) is 5.75 Å². The Balaban J connectivity index is 1.94. The predicted molar refractivity (Wildman–Crippen MR) is 96.9 cm³/mol. The second-order valence-corrected chi connectivity index (χ2v) is 6.51. The van der Waals surface area contributed by atoms with E-state index in [0.717, 1.165) is 22.9 Å². The summed E-state index contributed by atoms with van der Waals surface area (Å²) in [5.74, 6) is 0.336. The van der Waals surface area contributed by atoms with E-state index in [2.05, 4.69) is 28.2 Å². The Hall–Kier alpha value is -1.52. The predicted octanol–water partition coefficient (Wildman–Crippen LogP) is 5.14. The molecule has 0 heterocycles. The van der Waals surface area contributed by atoms with Crippen LogP contribution in [0.1, 0.15) is 31.4 Å². The third kappa shape index (κ3) is 5.56. The highest BCUT2D eigenvalue weighted by molar-refractivity contribution is 9.10. The maximum Gasteiger partial charge on any atom is 0.258 e. The van der Waals surface area contributed by atoms with E-state index in [1.54, 1.807) is 12.1 Å². The number of hydrogen-bond donors (Lipinski definition) is 1. The van der Waals surface area contributed by atoms with Crippen LogP contribution in [0.3, 0.4) is 0 Å². The van der Waals surface area contributed by atoms with Crippen molar-refractivity contribution in [3.05, 3.63) is 63.6 Å². The molecule has 0 bridgehead atoms. The fourth-order valence-electron chi connectivity index (χ4n) is 2.27. The maximum atomic E-state index is 12.2. The topological polar surface area (TPSA) is 38.3 Å². The second-order valence-electron chi connectivity index (χ2n) is 5.18. The first-order chi connectivity index (χ1) is 11.1. The average Bonchev–Trinajstić information content (AvgIpc) is 2.54. The third-order valence-corrected chi connectivity index (χ3v) is 4.16. The highest BCUT2D eigenvalue weighted by Crippen LogP contribution is 2.27. The zero-order valence-electron chi connectivity index (χ0n) is 12.9. The average molecular weight is 397 g/mol. The van der Waals surface area contributed by atoms with Crippen LogP contribution in [0.15, 0.2) is 53.0 Å². The zero-order valence-corrected chi connectivity index (χ0v) is 15.2. The first kappa shape index (κ1) is 17.8. The van der Waals surface area contributed by atoms with Crippen molar-refractivity contribution in [3.63, 3.8) is 0 Å². The molecule has 2 rings (SSSR count). The number of benzene rings is 2. The van der Waals surface area contributed by atoms with Gasteiger partial charge >= 0.3 is 0 Å². The molecular formula is C18H19BrClNO2. The number of amides is 1. The molecule has 0 spiro atoms. The van der Waals surface area contributed by atoms with Crippen molar-refractivity contribution >= 4 is 33.4 Å². The van der Waals surface area contributed by atoms with Crippen LogP contribution in [0.25, 0.3) is 0 Å². The Kier molecular flexibility index (Phi) is 6.93. The van der Waals surface area contributed by atoms with Crippen molar-refractivity contribution in [2.24, 2.45) is 0 Å². The molecule has 1 amide bonds. The highest BCUT2D eigenvalue weighted by atomic mass is 79.9. The van der Waals surface area contributed by atoms with Crippen molar-refractivity contribution < 1.29 is 9.53 Å². The van der Waals surface area contributed by atoms with Crippen LogP contribution in [0, 0.1) is 0 Å². The van der Waals surface area contributed by atoms with Crippen LogP contribution >= 0.6 is 27.5 Å². The van der Waals surface area contributed by atoms with Crippen molar-refractivity contribution in [1.29, 1.82) is 0 Å². The molecule has 3 nitrogen and oxygen atoms in total. The van der Waals surface area contributed by atoms with Crippen molar-refractivity contribution in [2.75, 3.05) is 6.61 Å². The molecule has 0 aliphatic carbocycles. The van der Waals surface area contributed by atoms with Gasteiger partial charge in [-0.3, -0.25) is 4.79 Å². The minimum absolute atomic E-state index is 0.00214. The van der Waals surface area contributed by atoms with Gasteiger partial charge in [-0.15, -0.1) is 0 Å². The Labute approximate surface area is 150 Å². The van der Waals surface area contributed by atoms with E-state index in [9.17, 15) is 4.79 Å². The number of halogens is 2. The minimum atomic E-state index is -0.161. The van der Waals surface area contributed by atoms with Gasteiger partial charge in [0.1, 0.15) is 5.75 Å². The molecule has 0 aliphatic heterocycles. The summed E-state index contributed by atoms with van der Waals surface area (Å²) < 4.78 is 6.37. The second kappa shape index (κ2) is 8.94. The van der Waals surface area contributed by atoms with Gasteiger partial charge in [-0.1, -0.05) is 71.2 Å². The van der Waals surface area contributed by atoms with Gasteiger partial charge in [0.05, 0.1) is 11.1 Å². The molecule has 2 aromatic rings. The number of ether oxygens (including phenoxy) is 1. The molecule has 0 unspecified atom stereocenters. The molecule has 0 saturated carbocycles. The molecule has 0 radical (unpaired) electrons. The van der Waals surface area contributed by atoms with E-state index in [1.807, 2.05) is 36.4 Å². The number of rotatable bonds is 7. The Morgan fingerprint density at radius 3 is 2.65 bits per heavy atom. The number of hydrogen-bond acceptors (Lipinski definition) is 2. The molecule has 0 fully saturated rings. The Morgan fingerprint density at radius 1 is 1.26 bits per heavy atom. The fraction of sp³-hybridized carbons (Fsp3) is 0.278. The lowest BCUT2D eigenvalue weighted by Crippen LogP contribution is -2.32. The van der Waals surface area contributed by atoms with Crippen LogP contribution in [-0.2, 0) is 4.79 Å². The van der Waals surface area contributed by atoms with E-state index in [-0.39, 0.29) is 18.6 Å². The molecule has 1 N–H and O–H groups in total. The summed E-state index contributed by atoms with van der Waals surface area (Å²) in [6.45, 7) is 2.04. The third-order valence-electron chi connectivity index (χ3n) is 3.37. The van der Waals surface area contributed by atoms with Gasteiger partial charge in [0.15, 0.2) is 6.61 Å². The lowest BCUT2D eigenvalue weighted by molar-refractivity contribution is -0.123. The van der Waals surface area contributed by atoms with Crippen LogP contribution in [0.4, 0.5) is 0 Å². The summed E-state index contributed by atoms with van der Waals surface area (Å²) in [7, 11) is 0. The van der Waals surface area contributed by atoms with Gasteiger partial charge in [0, 0.05) is 4.47 Å². The molecular weight excluding hydrogens is 378 g/mol. The van der Waals surface area contributed by atoms with Gasteiger partial charge in [-0.05, 0) is 30.2 Å². The van der Waals surface area contributed by atoms with E-state index >= 15 is 0 Å². The van der Waals surface area contributed by atoms with Gasteiger partial charge in [0.2, 0.25) is 0 Å². The smallest absolute Gasteiger partial charge is 0.258 e. The standard InChI is InChI=1S/C18H19BrClNO2/c1-2-6-16(13-7-4-3-5-8-13)21-18(22)12-23-17-10-9-14(19)11-15(17)20/h3-5,7-11,16H,2,6,12H2,1H3,(H,21,22)/t16-/m0/s1. The fourth-order valence-corrected chi connectivity index (χ4v) is 3.00. The van der Waals surface area contributed by atoms with Crippen LogP contribution in [0.2, 0.25) is 5.02 Å². The van der Waals surface area contributed by atoms with Crippen molar-refractivity contribution in [3.8, 4) is 5.75 Å². The minimum Gasteiger partial charge on any atom is -0.482 e. The quantitative estimate of drug-likeness (QED) is 0.704. The van der Waals surface area contributed by atoms with E-state index < -0.39 is 0 Å². The summed E-state index contributed by atoms with van der Waals surface area (Å²) in [6.07, 6.45) is 1.87. The Bertz CT molecular complexity index is 649. The van der Waals surface area contributed by atoms with E-state index in [0.29, 0.717) is 10.8 Å². The highest BCUT2D eigenvalue weighted by Gasteiger charge is 2.14. The SMILES string of the molecule is CCC[C@H](NC(=O)COc1ccc(Br)cc1Cl)c1ccccc1. The molecule has 1 atom stereocenters. The summed E-state index contributed by atoms with van der Waals surface area (Å²) in [5, 5.41) is 3.49. The number of nitrogens with one attached hydrogen (secondary N) is 1. The van der Waals surface area contributed by atoms with Crippen LogP contribution in [-0.4, -0.2) is 12.5 Å². The number of carbonyl (C=O) groups is 1. The molecule has 122 valence electrons. The monoisotopic (exact) mass is 395 g/mol. The lowest BCUT2D eigenvalue weighted by atomic mass is 10.0. The van der Waals surface area contributed by atoms with Gasteiger partial charge in [0.25, 0.3) is 5.91 Å². The molecule has 0 aromatic heterocycles. The maximum absolute atomic E-state index is 12.2. The van der Waals surface area contributed by atoms with Gasteiger partial charge < -0.3 is 10.1 Å². The van der Waals surface area contributed by atoms with Gasteiger partial charge in [-0.25, -0.2) is 0 Å². The first-order valence-corrected chi connectivity index (χ1v) is 8.69. The number of carbonyl (C=O) groups excluding carboxylic acids is 1. The molecule has 5 heteroatoms. The van der Waals surface area contributed by atoms with Crippen molar-refractivity contribution in [2.45, 2.75) is 25.8 Å². The first-order valence-electron chi connectivity index (χ1n) is 7.52. The van der Waals surface area contributed by atoms with Crippen LogP contribution < -0.4 is 10.1 Å². The zero-order chi connectivity index (χ0) is 16.7. The largest absolute Gasteiger partial charge is 0.482 e. The summed E-state index contributed by atoms with van der Waals surface area (Å²) >= 11 is 9.41. The summed E-state index contributed by atoms with van der Waals surface area (Å²) in [6, 6.07) is 15.2. The molecule has 0 saturated heterocycles. The lowest BCUT2D eigenvalue weighted by Gasteiger charge is -2.19. The van der Waals surface area contributed by atoms with E-state index in [4.69, 9.17) is 16.3 Å². The van der Waals surface area contributed by atoms with Gasteiger partial charge in [-0.2, -0.15) is 0 Å². The van der Waals surface area contributed by atoms with E-state index in [1.165, 1.54) is 0 Å². The molecule has 2 aromatic carbocycles. The normalized spacial score (nSPS) is 11.8. The molecule has 23 heavy (non-hydrogen) atoms.